The average Bonchev–Trinajstić information content (AvgIpc) is 3.08. The fourth-order valence-electron chi connectivity index (χ4n) is 4.10. The van der Waals surface area contributed by atoms with Gasteiger partial charge in [-0.25, -0.2) is 19.0 Å². The van der Waals surface area contributed by atoms with Crippen molar-refractivity contribution in [3.05, 3.63) is 35.6 Å². The summed E-state index contributed by atoms with van der Waals surface area (Å²) in [7, 11) is 0. The van der Waals surface area contributed by atoms with Crippen LogP contribution in [0.5, 0.6) is 0 Å². The Bertz CT molecular complexity index is 954. The predicted octanol–water partition coefficient (Wildman–Crippen LogP) is 0.0973. The van der Waals surface area contributed by atoms with Gasteiger partial charge in [-0.15, -0.1) is 0 Å². The molecule has 11 heteroatoms. The van der Waals surface area contributed by atoms with Gasteiger partial charge in [-0.1, -0.05) is 0 Å². The number of esters is 2. The van der Waals surface area contributed by atoms with E-state index in [4.69, 9.17) is 9.47 Å². The van der Waals surface area contributed by atoms with E-state index in [9.17, 15) is 28.7 Å². The number of aliphatic hydroxyl groups excluding tert-OH is 1. The molecule has 0 radical (unpaired) electrons. The van der Waals surface area contributed by atoms with E-state index in [0.29, 0.717) is 38.0 Å². The molecule has 3 aliphatic rings. The van der Waals surface area contributed by atoms with E-state index in [2.05, 4.69) is 10.0 Å². The molecule has 0 aliphatic carbocycles. The lowest BCUT2D eigenvalue weighted by Crippen LogP contribution is -2.55. The van der Waals surface area contributed by atoms with E-state index in [-0.39, 0.29) is 36.2 Å². The standard InChI is InChI=1S/C21H22FN3O7/c22-15-3-1-13(2-4-15)17(27)14-5-7-24(8-6-14)9-10-25-20(30)21(11-16(12-26)23-25)31-18(28)19(29)32-21/h1-4,14,26H,5-12H2. The molecule has 0 aromatic heterocycles. The normalized spacial score (nSPS) is 21.5. The number of rotatable bonds is 6. The van der Waals surface area contributed by atoms with Crippen LogP contribution in [-0.4, -0.2) is 82.9 Å². The summed E-state index contributed by atoms with van der Waals surface area (Å²) in [6.45, 7) is 1.29. The Labute approximate surface area is 182 Å². The molecule has 0 atom stereocenters. The summed E-state index contributed by atoms with van der Waals surface area (Å²) in [5, 5.41) is 14.6. The number of carbonyl (C=O) groups is 4. The van der Waals surface area contributed by atoms with E-state index in [1.165, 1.54) is 24.3 Å². The molecular weight excluding hydrogens is 425 g/mol. The van der Waals surface area contributed by atoms with Crippen LogP contribution in [0.25, 0.3) is 0 Å². The number of ketones is 1. The van der Waals surface area contributed by atoms with Gasteiger partial charge in [0.05, 0.1) is 25.3 Å². The van der Waals surface area contributed by atoms with Gasteiger partial charge in [0.2, 0.25) is 0 Å². The summed E-state index contributed by atoms with van der Waals surface area (Å²) >= 11 is 0. The van der Waals surface area contributed by atoms with E-state index in [1.807, 2.05) is 0 Å². The molecule has 32 heavy (non-hydrogen) atoms. The molecule has 0 bridgehead atoms. The molecule has 0 unspecified atom stereocenters. The molecule has 3 aliphatic heterocycles. The molecule has 2 fully saturated rings. The Balaban J connectivity index is 1.33. The van der Waals surface area contributed by atoms with Crippen molar-refractivity contribution in [2.24, 2.45) is 11.0 Å². The van der Waals surface area contributed by atoms with Crippen LogP contribution in [0, 0.1) is 11.7 Å². The predicted molar refractivity (Wildman–Crippen MR) is 106 cm³/mol. The number of aliphatic hydroxyl groups is 1. The van der Waals surface area contributed by atoms with Crippen LogP contribution in [-0.2, 0) is 23.9 Å². The van der Waals surface area contributed by atoms with Crippen LogP contribution >= 0.6 is 0 Å². The molecule has 1 aromatic rings. The SMILES string of the molecule is O=C1OC2(CC(CO)=NN(CCN3CCC(C(=O)c4ccc(F)cc4)CC3)C2=O)OC1=O. The number of hydrazone groups is 1. The van der Waals surface area contributed by atoms with Gasteiger partial charge in [0, 0.05) is 18.0 Å². The smallest absolute Gasteiger partial charge is 0.404 e. The third kappa shape index (κ3) is 4.26. The van der Waals surface area contributed by atoms with Gasteiger partial charge >= 0.3 is 23.6 Å². The molecular formula is C21H22FN3O7. The monoisotopic (exact) mass is 447 g/mol. The second kappa shape index (κ2) is 8.75. The van der Waals surface area contributed by atoms with Gasteiger partial charge < -0.3 is 19.5 Å². The third-order valence-electron chi connectivity index (χ3n) is 5.84. The van der Waals surface area contributed by atoms with Crippen molar-refractivity contribution in [1.82, 2.24) is 9.91 Å². The van der Waals surface area contributed by atoms with Gasteiger partial charge in [-0.05, 0) is 50.2 Å². The summed E-state index contributed by atoms with van der Waals surface area (Å²) in [5.74, 6) is -5.97. The summed E-state index contributed by atoms with van der Waals surface area (Å²) in [6.07, 6.45) is 0.927. The number of likely N-dealkylation sites (tertiary alicyclic amines) is 1. The van der Waals surface area contributed by atoms with Crippen LogP contribution in [0.3, 0.4) is 0 Å². The van der Waals surface area contributed by atoms with Crippen molar-refractivity contribution < 1.29 is 38.1 Å². The van der Waals surface area contributed by atoms with Gasteiger partial charge in [0.1, 0.15) is 5.82 Å². The lowest BCUT2D eigenvalue weighted by Gasteiger charge is -2.35. The molecule has 1 N–H and O–H groups in total. The molecule has 1 spiro atoms. The average molecular weight is 447 g/mol. The van der Waals surface area contributed by atoms with E-state index >= 15 is 0 Å². The van der Waals surface area contributed by atoms with Crippen molar-refractivity contribution in [2.75, 3.05) is 32.8 Å². The number of halogens is 1. The van der Waals surface area contributed by atoms with Crippen molar-refractivity contribution in [3.8, 4) is 0 Å². The molecule has 4 rings (SSSR count). The molecule has 1 amide bonds. The Morgan fingerprint density at radius 1 is 1.09 bits per heavy atom. The molecule has 2 saturated heterocycles. The van der Waals surface area contributed by atoms with Gasteiger partial charge in [0.15, 0.2) is 5.78 Å². The number of piperidine rings is 1. The van der Waals surface area contributed by atoms with Gasteiger partial charge in [-0.2, -0.15) is 5.10 Å². The second-order valence-electron chi connectivity index (χ2n) is 7.95. The van der Waals surface area contributed by atoms with Gasteiger partial charge in [0.25, 0.3) is 0 Å². The lowest BCUT2D eigenvalue weighted by atomic mass is 9.89. The second-order valence-corrected chi connectivity index (χ2v) is 7.95. The quantitative estimate of drug-likeness (QED) is 0.370. The first-order valence-electron chi connectivity index (χ1n) is 10.3. The minimum absolute atomic E-state index is 0.0140. The summed E-state index contributed by atoms with van der Waals surface area (Å²) < 4.78 is 22.9. The molecule has 170 valence electrons. The number of amides is 1. The minimum atomic E-state index is -2.11. The zero-order chi connectivity index (χ0) is 22.9. The first-order valence-corrected chi connectivity index (χ1v) is 10.3. The highest BCUT2D eigenvalue weighted by molar-refractivity contribution is 6.32. The number of benzene rings is 1. The van der Waals surface area contributed by atoms with Crippen molar-refractivity contribution in [3.63, 3.8) is 0 Å². The van der Waals surface area contributed by atoms with Crippen LogP contribution < -0.4 is 0 Å². The highest BCUT2D eigenvalue weighted by Gasteiger charge is 2.59. The van der Waals surface area contributed by atoms with Gasteiger partial charge in [-0.3, -0.25) is 9.59 Å². The molecule has 1 aromatic carbocycles. The topological polar surface area (TPSA) is 126 Å². The molecule has 10 nitrogen and oxygen atoms in total. The number of ether oxygens (including phenoxy) is 2. The minimum Gasteiger partial charge on any atom is -0.404 e. The number of hydrogen-bond donors (Lipinski definition) is 1. The highest BCUT2D eigenvalue weighted by Crippen LogP contribution is 2.31. The largest absolute Gasteiger partial charge is 0.421 e. The first kappa shape index (κ1) is 22.0. The number of nitrogens with zero attached hydrogens (tertiary/aromatic N) is 3. The number of hydrogen-bond acceptors (Lipinski definition) is 9. The highest BCUT2D eigenvalue weighted by atomic mass is 19.1. The number of carbonyl (C=O) groups excluding carboxylic acids is 4. The summed E-state index contributed by atoms with van der Waals surface area (Å²) in [4.78, 5) is 50.4. The zero-order valence-corrected chi connectivity index (χ0v) is 17.2. The van der Waals surface area contributed by atoms with E-state index in [1.54, 1.807) is 0 Å². The maximum Gasteiger partial charge on any atom is 0.421 e. The van der Waals surface area contributed by atoms with E-state index in [0.717, 1.165) is 5.01 Å². The van der Waals surface area contributed by atoms with Crippen molar-refractivity contribution in [2.45, 2.75) is 25.0 Å². The third-order valence-corrected chi connectivity index (χ3v) is 5.84. The summed E-state index contributed by atoms with van der Waals surface area (Å²) in [6, 6.07) is 5.51. The fraction of sp³-hybridized carbons (Fsp3) is 0.476. The zero-order valence-electron chi connectivity index (χ0n) is 17.2. The molecule has 3 heterocycles. The Morgan fingerprint density at radius 3 is 2.31 bits per heavy atom. The lowest BCUT2D eigenvalue weighted by molar-refractivity contribution is -0.199. The Hall–Kier alpha value is -3.18. The van der Waals surface area contributed by atoms with Crippen molar-refractivity contribution >= 4 is 29.3 Å². The van der Waals surface area contributed by atoms with Crippen molar-refractivity contribution in [1.29, 1.82) is 0 Å². The Kier molecular flexibility index (Phi) is 6.02. The van der Waals surface area contributed by atoms with Crippen LogP contribution in [0.15, 0.2) is 29.4 Å². The van der Waals surface area contributed by atoms with Crippen LogP contribution in [0.4, 0.5) is 4.39 Å². The maximum atomic E-state index is 13.1. The molecule has 0 saturated carbocycles. The maximum absolute atomic E-state index is 13.1. The van der Waals surface area contributed by atoms with Crippen LogP contribution in [0.1, 0.15) is 29.6 Å². The first-order chi connectivity index (χ1) is 15.3. The summed E-state index contributed by atoms with van der Waals surface area (Å²) in [5.41, 5.74) is 0.635. The fourth-order valence-corrected chi connectivity index (χ4v) is 4.10. The van der Waals surface area contributed by atoms with Crippen LogP contribution in [0.2, 0.25) is 0 Å². The Morgan fingerprint density at radius 2 is 1.72 bits per heavy atom. The van der Waals surface area contributed by atoms with E-state index < -0.39 is 30.2 Å². The number of Topliss-reactive ketones (excluding diaryl/α,β-unsaturated/α-hetero) is 1.